The summed E-state index contributed by atoms with van der Waals surface area (Å²) in [6.45, 7) is 4.84. The van der Waals surface area contributed by atoms with Gasteiger partial charge in [0.25, 0.3) is 5.85 Å². The lowest BCUT2D eigenvalue weighted by Crippen LogP contribution is -2.45. The molecule has 1 heterocycles. The van der Waals surface area contributed by atoms with Crippen molar-refractivity contribution >= 4 is 25.8 Å². The van der Waals surface area contributed by atoms with E-state index in [-0.39, 0.29) is 19.2 Å². The van der Waals surface area contributed by atoms with Crippen LogP contribution in [-0.4, -0.2) is 59.6 Å². The largest absolute Gasteiger partial charge is 0.480 e. The van der Waals surface area contributed by atoms with E-state index in [9.17, 15) is 18.9 Å². The van der Waals surface area contributed by atoms with E-state index >= 15 is 0 Å². The normalized spacial score (nSPS) is 18.2. The van der Waals surface area contributed by atoms with Crippen molar-refractivity contribution in [1.82, 2.24) is 9.99 Å². The Labute approximate surface area is 202 Å². The maximum atomic E-state index is 13.2. The molecule has 0 saturated carbocycles. The Kier molecular flexibility index (Phi) is 11.1. The first kappa shape index (κ1) is 27.9. The minimum absolute atomic E-state index is 0.335. The van der Waals surface area contributed by atoms with Crippen LogP contribution in [-0.2, 0) is 34.8 Å². The van der Waals surface area contributed by atoms with E-state index in [2.05, 4.69) is 5.09 Å². The van der Waals surface area contributed by atoms with Crippen LogP contribution in [0.25, 0.3) is 0 Å². The number of esters is 1. The molecule has 0 aromatic heterocycles. The molecule has 2 unspecified atom stereocenters. The highest BCUT2D eigenvalue weighted by Crippen LogP contribution is 2.31. The van der Waals surface area contributed by atoms with E-state index in [0.717, 1.165) is 12.0 Å². The summed E-state index contributed by atoms with van der Waals surface area (Å²) in [5.41, 5.74) is 0.458. The lowest BCUT2D eigenvalue weighted by Gasteiger charge is -2.21. The number of aliphatic carboxylic acids is 1. The highest BCUT2D eigenvalue weighted by molar-refractivity contribution is 7.43. The van der Waals surface area contributed by atoms with E-state index < -0.39 is 37.2 Å². The zero-order chi connectivity index (χ0) is 25.1. The number of nitrogens with one attached hydrogen (secondary N) is 1. The zero-order valence-electron chi connectivity index (χ0n) is 20.2. The number of carbonyl (C=O) groups is 3. The molecule has 10 heteroatoms. The minimum atomic E-state index is -2.19. The summed E-state index contributed by atoms with van der Waals surface area (Å²) in [7, 11) is -2.19. The number of carboxylic acid groups (broad SMARTS) is 1. The standard InChI is InChI=1S/C24H35N2O7P/c1-24(2,3)23(30)33-17-32-21(14-9-12-18-10-5-4-6-11-18)34(31)25-19-13-7-8-15-26(22(19)29)16-20(27)28/h4-6,10-11,19,21H,7-9,12-17H2,1-3H3,(H-,25,27,28,31)/p+1/t19?,21-/m0/s1. The summed E-state index contributed by atoms with van der Waals surface area (Å²) in [6, 6.07) is 9.14. The molecule has 0 spiro atoms. The van der Waals surface area contributed by atoms with E-state index in [1.807, 2.05) is 30.3 Å². The molecule has 1 fully saturated rings. The van der Waals surface area contributed by atoms with Gasteiger partial charge in [-0.25, -0.2) is 0 Å². The summed E-state index contributed by atoms with van der Waals surface area (Å²) in [6.07, 6.45) is 3.75. The van der Waals surface area contributed by atoms with Crippen LogP contribution >= 0.6 is 7.95 Å². The molecule has 2 rings (SSSR count). The van der Waals surface area contributed by atoms with Gasteiger partial charge in [-0.1, -0.05) is 35.4 Å². The number of carbonyl (C=O) groups excluding carboxylic acids is 2. The lowest BCUT2D eigenvalue weighted by atomic mass is 9.98. The second kappa shape index (κ2) is 13.5. The Morgan fingerprint density at radius 2 is 1.94 bits per heavy atom. The number of hydrogen-bond acceptors (Lipinski definition) is 6. The van der Waals surface area contributed by atoms with Gasteiger partial charge < -0.3 is 14.7 Å². The summed E-state index contributed by atoms with van der Waals surface area (Å²) >= 11 is 0. The summed E-state index contributed by atoms with van der Waals surface area (Å²) in [4.78, 5) is 37.3. The molecule has 9 nitrogen and oxygen atoms in total. The van der Waals surface area contributed by atoms with Crippen molar-refractivity contribution in [2.45, 2.75) is 71.2 Å². The number of hydrogen-bond donors (Lipinski definition) is 2. The third kappa shape index (κ3) is 9.49. The Morgan fingerprint density at radius 3 is 2.59 bits per heavy atom. The maximum Gasteiger partial charge on any atom is 0.464 e. The van der Waals surface area contributed by atoms with Crippen LogP contribution in [0.2, 0.25) is 0 Å². The fraction of sp³-hybridized carbons (Fsp3) is 0.625. The molecular weight excluding hydrogens is 459 g/mol. The second-order valence-electron chi connectivity index (χ2n) is 9.46. The molecule has 2 N–H and O–H groups in total. The predicted molar refractivity (Wildman–Crippen MR) is 127 cm³/mol. The first-order valence-corrected chi connectivity index (χ1v) is 13.0. The van der Waals surface area contributed by atoms with Crippen molar-refractivity contribution in [2.75, 3.05) is 19.9 Å². The van der Waals surface area contributed by atoms with Crippen LogP contribution in [0.15, 0.2) is 30.3 Å². The molecule has 0 bridgehead atoms. The number of aryl methyl sites for hydroxylation is 1. The predicted octanol–water partition coefficient (Wildman–Crippen LogP) is 3.70. The lowest BCUT2D eigenvalue weighted by molar-refractivity contribution is -0.167. The smallest absolute Gasteiger partial charge is 0.464 e. The van der Waals surface area contributed by atoms with Crippen LogP contribution in [0.5, 0.6) is 0 Å². The molecule has 188 valence electrons. The molecule has 1 aromatic rings. The first-order valence-electron chi connectivity index (χ1n) is 11.6. The van der Waals surface area contributed by atoms with Crippen molar-refractivity contribution in [3.05, 3.63) is 35.9 Å². The number of likely N-dealkylation sites (tertiary alicyclic amines) is 1. The van der Waals surface area contributed by atoms with Crippen LogP contribution in [0, 0.1) is 5.41 Å². The number of rotatable bonds is 12. The third-order valence-corrected chi connectivity index (χ3v) is 6.97. The van der Waals surface area contributed by atoms with Crippen molar-refractivity contribution in [3.8, 4) is 0 Å². The molecule has 1 saturated heterocycles. The van der Waals surface area contributed by atoms with Gasteiger partial charge in [0.1, 0.15) is 12.6 Å². The van der Waals surface area contributed by atoms with E-state index in [0.29, 0.717) is 38.6 Å². The fourth-order valence-corrected chi connectivity index (χ4v) is 4.88. The van der Waals surface area contributed by atoms with Gasteiger partial charge in [-0.15, -0.1) is 0 Å². The molecule has 0 aliphatic carbocycles. The molecule has 1 aliphatic rings. The Morgan fingerprint density at radius 1 is 1.24 bits per heavy atom. The number of amides is 1. The van der Waals surface area contributed by atoms with Crippen LogP contribution in [0.3, 0.4) is 0 Å². The average molecular weight is 496 g/mol. The number of benzene rings is 1. The zero-order valence-corrected chi connectivity index (χ0v) is 21.1. The maximum absolute atomic E-state index is 13.2. The Bertz CT molecular complexity index is 841. The quantitative estimate of drug-likeness (QED) is 0.256. The fourth-order valence-electron chi connectivity index (χ4n) is 3.56. The van der Waals surface area contributed by atoms with Crippen LogP contribution in [0.4, 0.5) is 0 Å². The van der Waals surface area contributed by atoms with Crippen LogP contribution in [0.1, 0.15) is 58.4 Å². The SMILES string of the molecule is CC(C)(C)C(=O)OCO[C@H](CCCc1ccccc1)[P+](=O)NC1CCCCN(CC(=O)O)C1=O. The first-order chi connectivity index (χ1) is 16.1. The summed E-state index contributed by atoms with van der Waals surface area (Å²) in [5.74, 6) is -2.65. The Balaban J connectivity index is 2.01. The van der Waals surface area contributed by atoms with Gasteiger partial charge in [0.15, 0.2) is 6.79 Å². The average Bonchev–Trinajstić information content (AvgIpc) is 2.94. The molecule has 0 radical (unpaired) electrons. The van der Waals surface area contributed by atoms with Crippen molar-refractivity contribution in [1.29, 1.82) is 0 Å². The number of carboxylic acids is 1. The molecule has 1 amide bonds. The van der Waals surface area contributed by atoms with E-state index in [1.165, 1.54) is 4.90 Å². The van der Waals surface area contributed by atoms with Gasteiger partial charge >= 0.3 is 19.9 Å². The highest BCUT2D eigenvalue weighted by atomic mass is 31.1. The third-order valence-electron chi connectivity index (χ3n) is 5.47. The summed E-state index contributed by atoms with van der Waals surface area (Å²) < 4.78 is 24.1. The Hall–Kier alpha value is -2.35. The van der Waals surface area contributed by atoms with Gasteiger partial charge in [0.2, 0.25) is 5.91 Å². The molecule has 1 aromatic carbocycles. The molecular formula is C24H36N2O7P+. The van der Waals surface area contributed by atoms with Crippen LogP contribution < -0.4 is 5.09 Å². The van der Waals surface area contributed by atoms with Gasteiger partial charge in [0, 0.05) is 13.0 Å². The second-order valence-corrected chi connectivity index (χ2v) is 10.9. The molecule has 34 heavy (non-hydrogen) atoms. The van der Waals surface area contributed by atoms with E-state index in [4.69, 9.17) is 14.6 Å². The minimum Gasteiger partial charge on any atom is -0.480 e. The topological polar surface area (TPSA) is 122 Å². The molecule has 1 aliphatic heterocycles. The highest BCUT2D eigenvalue weighted by Gasteiger charge is 2.39. The van der Waals surface area contributed by atoms with E-state index in [1.54, 1.807) is 20.8 Å². The number of ether oxygens (including phenoxy) is 2. The number of nitrogens with zero attached hydrogens (tertiary/aromatic N) is 1. The van der Waals surface area contributed by atoms with Gasteiger partial charge in [-0.05, 0) is 63.0 Å². The van der Waals surface area contributed by atoms with Crippen molar-refractivity contribution in [3.63, 3.8) is 0 Å². The van der Waals surface area contributed by atoms with Crippen molar-refractivity contribution < 1.29 is 33.5 Å². The molecule has 3 atom stereocenters. The van der Waals surface area contributed by atoms with Crippen molar-refractivity contribution in [2.24, 2.45) is 5.41 Å². The van der Waals surface area contributed by atoms with Gasteiger partial charge in [-0.2, -0.15) is 0 Å². The summed E-state index contributed by atoms with van der Waals surface area (Å²) in [5, 5.41) is 12.0. The van der Waals surface area contributed by atoms with Gasteiger partial charge in [-0.3, -0.25) is 19.1 Å². The monoisotopic (exact) mass is 495 g/mol. The van der Waals surface area contributed by atoms with Gasteiger partial charge in [0.05, 0.1) is 5.41 Å².